The summed E-state index contributed by atoms with van der Waals surface area (Å²) in [5, 5.41) is 0. The highest BCUT2D eigenvalue weighted by molar-refractivity contribution is 7.47. The van der Waals surface area contributed by atoms with E-state index in [-0.39, 0.29) is 5.60 Å². The van der Waals surface area contributed by atoms with Gasteiger partial charge in [0.2, 0.25) is 7.83 Å². The zero-order valence-corrected chi connectivity index (χ0v) is 12.5. The summed E-state index contributed by atoms with van der Waals surface area (Å²) in [4.78, 5) is 0. The molecule has 0 bridgehead atoms. The van der Waals surface area contributed by atoms with Crippen molar-refractivity contribution < 1.29 is 4.43 Å². The molecule has 0 N–H and O–H groups in total. The summed E-state index contributed by atoms with van der Waals surface area (Å²) in [6, 6.07) is 1.15. The van der Waals surface area contributed by atoms with E-state index in [1.54, 1.807) is 0 Å². The molecular weight excluding hydrogens is 228 g/mol. The molecule has 0 amide bonds. The summed E-state index contributed by atoms with van der Waals surface area (Å²) in [6.07, 6.45) is 1.06. The summed E-state index contributed by atoms with van der Waals surface area (Å²) in [7, 11) is -3.91. The molecule has 1 rings (SSSR count). The van der Waals surface area contributed by atoms with Crippen molar-refractivity contribution in [2.75, 3.05) is 0 Å². The quantitative estimate of drug-likeness (QED) is 0.693. The van der Waals surface area contributed by atoms with E-state index in [4.69, 9.17) is 4.43 Å². The first-order valence-electron chi connectivity index (χ1n) is 5.65. The lowest BCUT2D eigenvalue weighted by atomic mass is 10.1. The van der Waals surface area contributed by atoms with Crippen molar-refractivity contribution in [1.29, 1.82) is 0 Å². The largest absolute Gasteiger partial charge is 0.406 e. The molecule has 0 aromatic rings. The van der Waals surface area contributed by atoms with Crippen LogP contribution in [0, 0.1) is 0 Å². The molecule has 0 atom stereocenters. The Balaban J connectivity index is 3.30. The van der Waals surface area contributed by atoms with Crippen LogP contribution in [0.3, 0.4) is 0 Å². The normalized spacial score (nSPS) is 25.4. The van der Waals surface area contributed by atoms with E-state index < -0.39 is 15.4 Å². The predicted molar refractivity (Wildman–Crippen MR) is 76.9 cm³/mol. The molecule has 0 unspecified atom stereocenters. The molecule has 0 aliphatic carbocycles. The molecule has 1 heterocycles. The molecule has 88 valence electrons. The van der Waals surface area contributed by atoms with Crippen molar-refractivity contribution in [3.8, 4) is 0 Å². The fourth-order valence-electron chi connectivity index (χ4n) is 2.46. The first-order valence-corrected chi connectivity index (χ1v) is 11.1. The van der Waals surface area contributed by atoms with Gasteiger partial charge in [-0.15, -0.1) is 26.3 Å². The first kappa shape index (κ1) is 13.4. The second-order valence-electron chi connectivity index (χ2n) is 5.01. The Bertz CT molecular complexity index is 315. The molecular formula is C13H22OSi2. The summed E-state index contributed by atoms with van der Waals surface area (Å²) < 4.78 is 6.38. The lowest BCUT2D eigenvalue weighted by molar-refractivity contribution is 0.0974. The standard InChI is InChI=1S/C13H22OSi2/c1-7-15(8-2)12-11-13(5,6)14-16(15,9-3)10-4/h7-10H,1-4,11-12H2,5-6H3. The second-order valence-corrected chi connectivity index (χ2v) is 16.2. The molecule has 1 aliphatic heterocycles. The summed E-state index contributed by atoms with van der Waals surface area (Å²) >= 11 is 0. The van der Waals surface area contributed by atoms with Crippen LogP contribution >= 0.6 is 0 Å². The molecule has 1 saturated heterocycles. The predicted octanol–water partition coefficient (Wildman–Crippen LogP) is 3.56. The van der Waals surface area contributed by atoms with Gasteiger partial charge in [-0.25, -0.2) is 0 Å². The molecule has 0 radical (unpaired) electrons. The van der Waals surface area contributed by atoms with Gasteiger partial charge in [-0.1, -0.05) is 22.8 Å². The third kappa shape index (κ3) is 1.83. The van der Waals surface area contributed by atoms with Gasteiger partial charge in [-0.3, -0.25) is 0 Å². The summed E-state index contributed by atoms with van der Waals surface area (Å²) in [5.74, 6) is 0. The zero-order valence-electron chi connectivity index (χ0n) is 10.5. The van der Waals surface area contributed by atoms with Crippen molar-refractivity contribution in [2.24, 2.45) is 0 Å². The van der Waals surface area contributed by atoms with Gasteiger partial charge >= 0.3 is 0 Å². The zero-order chi connectivity index (χ0) is 12.4. The van der Waals surface area contributed by atoms with Crippen LogP contribution in [0.15, 0.2) is 49.1 Å². The number of hydrogen-bond donors (Lipinski definition) is 0. The third-order valence-corrected chi connectivity index (χ3v) is 17.6. The van der Waals surface area contributed by atoms with Crippen LogP contribution in [0.25, 0.3) is 0 Å². The maximum atomic E-state index is 6.38. The van der Waals surface area contributed by atoms with Crippen LogP contribution in [0.1, 0.15) is 20.3 Å². The summed E-state index contributed by atoms with van der Waals surface area (Å²) in [5.41, 5.74) is 8.15. The van der Waals surface area contributed by atoms with Gasteiger partial charge < -0.3 is 4.43 Å². The Morgan fingerprint density at radius 2 is 1.50 bits per heavy atom. The number of rotatable bonds is 4. The van der Waals surface area contributed by atoms with E-state index in [0.29, 0.717) is 0 Å². The minimum atomic E-state index is -2.12. The van der Waals surface area contributed by atoms with E-state index in [1.165, 1.54) is 0 Å². The van der Waals surface area contributed by atoms with E-state index in [9.17, 15) is 0 Å². The fourth-order valence-corrected chi connectivity index (χ4v) is 14.5. The molecule has 0 aromatic carbocycles. The van der Waals surface area contributed by atoms with Crippen molar-refractivity contribution in [1.82, 2.24) is 0 Å². The minimum Gasteiger partial charge on any atom is -0.406 e. The monoisotopic (exact) mass is 250 g/mol. The van der Waals surface area contributed by atoms with Crippen molar-refractivity contribution >= 4 is 15.4 Å². The van der Waals surface area contributed by atoms with Gasteiger partial charge in [0.25, 0.3) is 0 Å². The number of hydrogen-bond acceptors (Lipinski definition) is 1. The van der Waals surface area contributed by atoms with E-state index in [0.717, 1.165) is 12.5 Å². The van der Waals surface area contributed by atoms with Gasteiger partial charge in [-0.05, 0) is 26.3 Å². The first-order chi connectivity index (χ1) is 7.41. The molecule has 1 nitrogen and oxygen atoms in total. The van der Waals surface area contributed by atoms with Crippen molar-refractivity contribution in [3.63, 3.8) is 0 Å². The summed E-state index contributed by atoms with van der Waals surface area (Å²) in [6.45, 7) is 20.3. The molecule has 1 aliphatic rings. The molecule has 1 fully saturated rings. The van der Waals surface area contributed by atoms with Crippen LogP contribution in [0.5, 0.6) is 0 Å². The SMILES string of the molecule is C=C[Si]1(C=C)CCC(C)(C)O[Si]1(C=C)C=C. The van der Waals surface area contributed by atoms with Crippen LogP contribution in [0.2, 0.25) is 6.04 Å². The molecule has 0 aromatic heterocycles. The Morgan fingerprint density at radius 3 is 1.88 bits per heavy atom. The topological polar surface area (TPSA) is 9.23 Å². The molecule has 16 heavy (non-hydrogen) atoms. The van der Waals surface area contributed by atoms with E-state index in [2.05, 4.69) is 51.6 Å². The Hall–Kier alpha value is -0.646. The maximum absolute atomic E-state index is 6.38. The Kier molecular flexibility index (Phi) is 3.62. The van der Waals surface area contributed by atoms with Gasteiger partial charge in [0.15, 0.2) is 0 Å². The van der Waals surface area contributed by atoms with Gasteiger partial charge in [0, 0.05) is 0 Å². The highest BCUT2D eigenvalue weighted by atomic mass is 29.3. The highest BCUT2D eigenvalue weighted by Gasteiger charge is 2.55. The van der Waals surface area contributed by atoms with Gasteiger partial charge in [0.05, 0.1) is 5.60 Å². The lowest BCUT2D eigenvalue weighted by Crippen LogP contribution is -2.67. The van der Waals surface area contributed by atoms with Crippen LogP contribution < -0.4 is 0 Å². The maximum Gasteiger partial charge on any atom is 0.235 e. The van der Waals surface area contributed by atoms with Crippen LogP contribution in [-0.2, 0) is 4.43 Å². The van der Waals surface area contributed by atoms with E-state index in [1.807, 2.05) is 11.4 Å². The lowest BCUT2D eigenvalue weighted by Gasteiger charge is -2.50. The van der Waals surface area contributed by atoms with Crippen molar-refractivity contribution in [3.05, 3.63) is 49.1 Å². The smallest absolute Gasteiger partial charge is 0.235 e. The third-order valence-electron chi connectivity index (χ3n) is 3.65. The second kappa shape index (κ2) is 4.32. The highest BCUT2D eigenvalue weighted by Crippen LogP contribution is 2.40. The average Bonchev–Trinajstić information content (AvgIpc) is 2.28. The molecule has 0 spiro atoms. The van der Waals surface area contributed by atoms with E-state index >= 15 is 0 Å². The minimum absolute atomic E-state index is 0.0723. The van der Waals surface area contributed by atoms with Crippen LogP contribution in [-0.4, -0.2) is 21.0 Å². The van der Waals surface area contributed by atoms with Gasteiger partial charge in [0.1, 0.15) is 7.59 Å². The Morgan fingerprint density at radius 1 is 1.00 bits per heavy atom. The fraction of sp³-hybridized carbons (Fsp3) is 0.385. The van der Waals surface area contributed by atoms with Crippen molar-refractivity contribution in [2.45, 2.75) is 31.9 Å². The Labute approximate surface area is 101 Å². The average molecular weight is 250 g/mol. The molecule has 0 saturated carbocycles. The van der Waals surface area contributed by atoms with Gasteiger partial charge in [-0.2, -0.15) is 0 Å². The van der Waals surface area contributed by atoms with Crippen LogP contribution in [0.4, 0.5) is 0 Å². The molecule has 3 heteroatoms.